The van der Waals surface area contributed by atoms with Gasteiger partial charge >= 0.3 is 0 Å². The molecule has 0 fully saturated rings. The summed E-state index contributed by atoms with van der Waals surface area (Å²) in [7, 11) is 3.36. The van der Waals surface area contributed by atoms with Crippen LogP contribution in [0.2, 0.25) is 0 Å². The highest BCUT2D eigenvalue weighted by molar-refractivity contribution is 6.03. The van der Waals surface area contributed by atoms with Gasteiger partial charge in [0.1, 0.15) is 0 Å². The highest BCUT2D eigenvalue weighted by atomic mass is 16.2. The number of para-hydroxylation sites is 1. The van der Waals surface area contributed by atoms with Crippen molar-refractivity contribution in [2.45, 2.75) is 25.8 Å². The molecule has 0 aliphatic rings. The monoisotopic (exact) mass is 263 g/mol. The van der Waals surface area contributed by atoms with Crippen LogP contribution in [-0.4, -0.2) is 36.9 Å². The number of amides is 2. The van der Waals surface area contributed by atoms with Crippen molar-refractivity contribution in [3.8, 4) is 0 Å². The van der Waals surface area contributed by atoms with Gasteiger partial charge in [0.25, 0.3) is 5.91 Å². The molecule has 0 saturated heterocycles. The van der Waals surface area contributed by atoms with E-state index in [1.165, 1.54) is 4.90 Å². The summed E-state index contributed by atoms with van der Waals surface area (Å²) in [6, 6.07) is 6.97. The van der Waals surface area contributed by atoms with E-state index in [1.54, 1.807) is 38.4 Å². The second-order valence-corrected chi connectivity index (χ2v) is 4.81. The first-order valence-corrected chi connectivity index (χ1v) is 6.28. The second-order valence-electron chi connectivity index (χ2n) is 4.81. The SMILES string of the molecule is CC(N)CCC(=O)Nc1ccccc1C(=O)N(C)C. The summed E-state index contributed by atoms with van der Waals surface area (Å²) in [6.45, 7) is 1.86. The molecule has 5 heteroatoms. The number of nitrogens with one attached hydrogen (secondary N) is 1. The fourth-order valence-corrected chi connectivity index (χ4v) is 1.59. The Morgan fingerprint density at radius 2 is 1.95 bits per heavy atom. The molecule has 5 nitrogen and oxygen atoms in total. The standard InChI is InChI=1S/C14H21N3O2/c1-10(15)8-9-13(18)16-12-7-5-4-6-11(12)14(19)17(2)3/h4-7,10H,8-9,15H2,1-3H3,(H,16,18). The topological polar surface area (TPSA) is 75.4 Å². The zero-order valence-corrected chi connectivity index (χ0v) is 11.6. The Morgan fingerprint density at radius 1 is 1.32 bits per heavy atom. The molecule has 104 valence electrons. The summed E-state index contributed by atoms with van der Waals surface area (Å²) in [4.78, 5) is 25.2. The third-order valence-electron chi connectivity index (χ3n) is 2.66. The van der Waals surface area contributed by atoms with Gasteiger partial charge in [-0.2, -0.15) is 0 Å². The quantitative estimate of drug-likeness (QED) is 0.844. The number of benzene rings is 1. The van der Waals surface area contributed by atoms with E-state index in [0.717, 1.165) is 0 Å². The van der Waals surface area contributed by atoms with Gasteiger partial charge in [0.2, 0.25) is 5.91 Å². The molecule has 1 aromatic rings. The molecule has 19 heavy (non-hydrogen) atoms. The molecule has 0 bridgehead atoms. The first-order chi connectivity index (χ1) is 8.91. The van der Waals surface area contributed by atoms with Crippen LogP contribution >= 0.6 is 0 Å². The van der Waals surface area contributed by atoms with E-state index in [4.69, 9.17) is 5.73 Å². The van der Waals surface area contributed by atoms with E-state index >= 15 is 0 Å². The van der Waals surface area contributed by atoms with Crippen LogP contribution in [0.4, 0.5) is 5.69 Å². The molecule has 0 aromatic heterocycles. The minimum absolute atomic E-state index is 0.00981. The Morgan fingerprint density at radius 3 is 2.53 bits per heavy atom. The van der Waals surface area contributed by atoms with Crippen molar-refractivity contribution in [2.75, 3.05) is 19.4 Å². The lowest BCUT2D eigenvalue weighted by Gasteiger charge is -2.14. The zero-order valence-electron chi connectivity index (χ0n) is 11.6. The van der Waals surface area contributed by atoms with Crippen LogP contribution in [0, 0.1) is 0 Å². The highest BCUT2D eigenvalue weighted by Crippen LogP contribution is 2.17. The van der Waals surface area contributed by atoms with Gasteiger partial charge in [-0.3, -0.25) is 9.59 Å². The van der Waals surface area contributed by atoms with Crippen LogP contribution in [0.1, 0.15) is 30.1 Å². The van der Waals surface area contributed by atoms with E-state index in [0.29, 0.717) is 24.1 Å². The maximum absolute atomic E-state index is 12.0. The molecule has 2 amide bonds. The predicted octanol–water partition coefficient (Wildman–Crippen LogP) is 1.45. The van der Waals surface area contributed by atoms with E-state index in [9.17, 15) is 9.59 Å². The van der Waals surface area contributed by atoms with Crippen molar-refractivity contribution in [2.24, 2.45) is 5.73 Å². The van der Waals surface area contributed by atoms with Crippen LogP contribution in [0.15, 0.2) is 24.3 Å². The summed E-state index contributed by atoms with van der Waals surface area (Å²) in [5.74, 6) is -0.264. The van der Waals surface area contributed by atoms with Gasteiger partial charge in [0.15, 0.2) is 0 Å². The maximum atomic E-state index is 12.0. The fraction of sp³-hybridized carbons (Fsp3) is 0.429. The van der Waals surface area contributed by atoms with Crippen molar-refractivity contribution < 1.29 is 9.59 Å². The summed E-state index contributed by atoms with van der Waals surface area (Å²) in [5, 5.41) is 2.76. The number of anilines is 1. The van der Waals surface area contributed by atoms with Crippen molar-refractivity contribution in [3.05, 3.63) is 29.8 Å². The van der Waals surface area contributed by atoms with Crippen LogP contribution in [0.5, 0.6) is 0 Å². The van der Waals surface area contributed by atoms with Gasteiger partial charge in [0, 0.05) is 26.6 Å². The van der Waals surface area contributed by atoms with Crippen molar-refractivity contribution in [1.82, 2.24) is 4.90 Å². The van der Waals surface area contributed by atoms with Crippen LogP contribution < -0.4 is 11.1 Å². The lowest BCUT2D eigenvalue weighted by molar-refractivity contribution is -0.116. The summed E-state index contributed by atoms with van der Waals surface area (Å²) in [5.41, 5.74) is 6.64. The van der Waals surface area contributed by atoms with Crippen molar-refractivity contribution >= 4 is 17.5 Å². The van der Waals surface area contributed by atoms with Gasteiger partial charge in [-0.15, -0.1) is 0 Å². The minimum atomic E-state index is -0.136. The molecule has 0 heterocycles. The number of carbonyl (C=O) groups excluding carboxylic acids is 2. The Labute approximate surface area is 113 Å². The molecule has 1 rings (SSSR count). The summed E-state index contributed by atoms with van der Waals surface area (Å²) >= 11 is 0. The smallest absolute Gasteiger partial charge is 0.255 e. The Hall–Kier alpha value is -1.88. The van der Waals surface area contributed by atoms with Gasteiger partial charge in [0.05, 0.1) is 11.3 Å². The van der Waals surface area contributed by atoms with Gasteiger partial charge < -0.3 is 16.0 Å². The molecule has 1 unspecified atom stereocenters. The Bertz CT molecular complexity index is 456. The third kappa shape index (κ3) is 4.71. The van der Waals surface area contributed by atoms with Crippen LogP contribution in [0.3, 0.4) is 0 Å². The van der Waals surface area contributed by atoms with Crippen molar-refractivity contribution in [3.63, 3.8) is 0 Å². The lowest BCUT2D eigenvalue weighted by atomic mass is 10.1. The average molecular weight is 263 g/mol. The lowest BCUT2D eigenvalue weighted by Crippen LogP contribution is -2.24. The van der Waals surface area contributed by atoms with Crippen molar-refractivity contribution in [1.29, 1.82) is 0 Å². The number of nitrogens with zero attached hydrogens (tertiary/aromatic N) is 1. The largest absolute Gasteiger partial charge is 0.345 e. The molecule has 1 atom stereocenters. The molecular formula is C14H21N3O2. The Kier molecular flexibility index (Phi) is 5.51. The molecule has 1 aromatic carbocycles. The molecule has 0 spiro atoms. The molecule has 3 N–H and O–H groups in total. The maximum Gasteiger partial charge on any atom is 0.255 e. The molecule has 0 aliphatic carbocycles. The van der Waals surface area contributed by atoms with Gasteiger partial charge in [-0.25, -0.2) is 0 Å². The molecular weight excluding hydrogens is 242 g/mol. The van der Waals surface area contributed by atoms with E-state index in [-0.39, 0.29) is 17.9 Å². The summed E-state index contributed by atoms with van der Waals surface area (Å²) < 4.78 is 0. The third-order valence-corrected chi connectivity index (χ3v) is 2.66. The van der Waals surface area contributed by atoms with E-state index < -0.39 is 0 Å². The number of hydrogen-bond acceptors (Lipinski definition) is 3. The van der Waals surface area contributed by atoms with Gasteiger partial charge in [-0.1, -0.05) is 12.1 Å². The van der Waals surface area contributed by atoms with Crippen LogP contribution in [-0.2, 0) is 4.79 Å². The first kappa shape index (κ1) is 15.2. The highest BCUT2D eigenvalue weighted by Gasteiger charge is 2.14. The average Bonchev–Trinajstić information content (AvgIpc) is 2.36. The summed E-state index contributed by atoms with van der Waals surface area (Å²) in [6.07, 6.45) is 0.970. The van der Waals surface area contributed by atoms with Crippen LogP contribution in [0.25, 0.3) is 0 Å². The number of rotatable bonds is 5. The number of nitrogens with two attached hydrogens (primary N) is 1. The molecule has 0 aliphatic heterocycles. The van der Waals surface area contributed by atoms with E-state index in [2.05, 4.69) is 5.32 Å². The second kappa shape index (κ2) is 6.89. The normalized spacial score (nSPS) is 11.8. The van der Waals surface area contributed by atoms with Gasteiger partial charge in [-0.05, 0) is 25.5 Å². The molecule has 0 saturated carbocycles. The minimum Gasteiger partial charge on any atom is -0.345 e. The predicted molar refractivity (Wildman–Crippen MR) is 76.0 cm³/mol. The number of carbonyl (C=O) groups is 2. The Balaban J connectivity index is 2.78. The van der Waals surface area contributed by atoms with E-state index in [1.807, 2.05) is 6.92 Å². The zero-order chi connectivity index (χ0) is 14.4. The fourth-order valence-electron chi connectivity index (χ4n) is 1.59. The number of hydrogen-bond donors (Lipinski definition) is 2. The molecule has 0 radical (unpaired) electrons. The first-order valence-electron chi connectivity index (χ1n) is 6.28.